The van der Waals surface area contributed by atoms with Crippen LogP contribution in [0.1, 0.15) is 33.2 Å². The normalized spacial score (nSPS) is 22.2. The maximum absolute atomic E-state index is 12.3. The minimum atomic E-state index is -0.668. The van der Waals surface area contributed by atoms with E-state index in [-0.39, 0.29) is 6.04 Å². The number of aromatic nitrogens is 3. The van der Waals surface area contributed by atoms with Gasteiger partial charge in [0.05, 0.1) is 19.3 Å². The molecule has 0 spiro atoms. The zero-order chi connectivity index (χ0) is 15.6. The Hall–Kier alpha value is -2.12. The van der Waals surface area contributed by atoms with E-state index in [1.807, 2.05) is 0 Å². The quantitative estimate of drug-likeness (QED) is 0.757. The first kappa shape index (κ1) is 15.3. The highest BCUT2D eigenvalue weighted by Gasteiger charge is 2.43. The summed E-state index contributed by atoms with van der Waals surface area (Å²) in [6, 6.07) is -0.789. The number of carbonyl (C=O) groups excluding carboxylic acids is 2. The summed E-state index contributed by atoms with van der Waals surface area (Å²) < 4.78 is 11.8. The summed E-state index contributed by atoms with van der Waals surface area (Å²) in [7, 11) is 1.30. The van der Waals surface area contributed by atoms with Gasteiger partial charge in [0.25, 0.3) is 0 Å². The monoisotopic (exact) mass is 296 g/mol. The van der Waals surface area contributed by atoms with Crippen molar-refractivity contribution in [3.05, 3.63) is 12.4 Å². The molecule has 116 valence electrons. The van der Waals surface area contributed by atoms with Crippen molar-refractivity contribution in [2.45, 2.75) is 44.9 Å². The Morgan fingerprint density at radius 2 is 2.05 bits per heavy atom. The van der Waals surface area contributed by atoms with Crippen LogP contribution in [0.15, 0.2) is 12.4 Å². The van der Waals surface area contributed by atoms with E-state index < -0.39 is 23.7 Å². The molecule has 1 aromatic heterocycles. The van der Waals surface area contributed by atoms with Crippen LogP contribution in [0.4, 0.5) is 4.79 Å². The van der Waals surface area contributed by atoms with Gasteiger partial charge in [-0.1, -0.05) is 5.21 Å². The van der Waals surface area contributed by atoms with Crippen LogP contribution in [-0.2, 0) is 14.3 Å². The summed E-state index contributed by atoms with van der Waals surface area (Å²) in [5.74, 6) is -0.455. The highest BCUT2D eigenvalue weighted by molar-refractivity contribution is 5.82. The second kappa shape index (κ2) is 5.71. The van der Waals surface area contributed by atoms with Gasteiger partial charge in [-0.05, 0) is 20.8 Å². The molecule has 8 nitrogen and oxygen atoms in total. The molecule has 0 aliphatic carbocycles. The number of esters is 1. The topological polar surface area (TPSA) is 86.6 Å². The molecule has 1 aliphatic heterocycles. The van der Waals surface area contributed by atoms with Gasteiger partial charge in [0.2, 0.25) is 0 Å². The Morgan fingerprint density at radius 1 is 1.33 bits per heavy atom. The second-order valence-corrected chi connectivity index (χ2v) is 5.94. The maximum atomic E-state index is 12.3. The molecule has 8 heteroatoms. The largest absolute Gasteiger partial charge is 0.467 e. The van der Waals surface area contributed by atoms with Gasteiger partial charge in [-0.25, -0.2) is 14.3 Å². The van der Waals surface area contributed by atoms with Crippen molar-refractivity contribution < 1.29 is 19.1 Å². The third-order valence-electron chi connectivity index (χ3n) is 3.20. The van der Waals surface area contributed by atoms with Crippen molar-refractivity contribution in [1.82, 2.24) is 19.9 Å². The molecule has 2 heterocycles. The summed E-state index contributed by atoms with van der Waals surface area (Å²) in [5, 5.41) is 7.67. The summed E-state index contributed by atoms with van der Waals surface area (Å²) in [6.07, 6.45) is 3.16. The first-order valence-corrected chi connectivity index (χ1v) is 6.75. The van der Waals surface area contributed by atoms with Crippen LogP contribution in [0.25, 0.3) is 0 Å². The van der Waals surface area contributed by atoms with Gasteiger partial charge in [0.1, 0.15) is 11.6 Å². The predicted octanol–water partition coefficient (Wildman–Crippen LogP) is 1.00. The molecule has 0 aromatic carbocycles. The fourth-order valence-electron chi connectivity index (χ4n) is 2.30. The molecule has 1 saturated heterocycles. The number of likely N-dealkylation sites (tertiary alicyclic amines) is 1. The number of amides is 1. The van der Waals surface area contributed by atoms with Crippen molar-refractivity contribution in [3.63, 3.8) is 0 Å². The Kier molecular flexibility index (Phi) is 4.15. The number of nitrogens with zero attached hydrogens (tertiary/aromatic N) is 4. The summed E-state index contributed by atoms with van der Waals surface area (Å²) in [6.45, 7) is 5.67. The molecular formula is C13H20N4O4. The van der Waals surface area contributed by atoms with E-state index in [9.17, 15) is 9.59 Å². The van der Waals surface area contributed by atoms with Gasteiger partial charge < -0.3 is 9.47 Å². The SMILES string of the molecule is COC(=O)[C@@H]1CC(n2ccnn2)CN1C(=O)OC(C)(C)C. The third-order valence-corrected chi connectivity index (χ3v) is 3.20. The molecule has 21 heavy (non-hydrogen) atoms. The van der Waals surface area contributed by atoms with Gasteiger partial charge in [-0.2, -0.15) is 0 Å². The van der Waals surface area contributed by atoms with Gasteiger partial charge in [-0.3, -0.25) is 4.90 Å². The van der Waals surface area contributed by atoms with Crippen molar-refractivity contribution in [2.24, 2.45) is 0 Å². The standard InChI is InChI=1S/C13H20N4O4/c1-13(2,3)21-12(19)16-8-9(17-6-5-14-15-17)7-10(16)11(18)20-4/h5-6,9-10H,7-8H2,1-4H3/t9?,10-/m0/s1. The summed E-state index contributed by atoms with van der Waals surface area (Å²) >= 11 is 0. The van der Waals surface area contributed by atoms with Crippen molar-refractivity contribution >= 4 is 12.1 Å². The fraction of sp³-hybridized carbons (Fsp3) is 0.692. The second-order valence-electron chi connectivity index (χ2n) is 5.94. The summed E-state index contributed by atoms with van der Waals surface area (Å²) in [5.41, 5.74) is -0.622. The molecule has 0 bridgehead atoms. The van der Waals surface area contributed by atoms with Crippen molar-refractivity contribution in [2.75, 3.05) is 13.7 Å². The van der Waals surface area contributed by atoms with Gasteiger partial charge in [-0.15, -0.1) is 5.10 Å². The first-order chi connectivity index (χ1) is 9.81. The number of hydrogen-bond donors (Lipinski definition) is 0. The van der Waals surface area contributed by atoms with Gasteiger partial charge in [0, 0.05) is 19.2 Å². The molecule has 1 fully saturated rings. The van der Waals surface area contributed by atoms with Crippen molar-refractivity contribution in [1.29, 1.82) is 0 Å². The van der Waals surface area contributed by atoms with Crippen LogP contribution < -0.4 is 0 Å². The molecule has 1 aromatic rings. The lowest BCUT2D eigenvalue weighted by Crippen LogP contribution is -2.43. The molecule has 0 radical (unpaired) electrons. The Bertz CT molecular complexity index is 509. The van der Waals surface area contributed by atoms with E-state index in [1.54, 1.807) is 37.8 Å². The van der Waals surface area contributed by atoms with Crippen LogP contribution in [0.2, 0.25) is 0 Å². The molecule has 1 unspecified atom stereocenters. The van der Waals surface area contributed by atoms with E-state index in [4.69, 9.17) is 9.47 Å². The number of hydrogen-bond acceptors (Lipinski definition) is 6. The molecule has 0 saturated carbocycles. The molecular weight excluding hydrogens is 276 g/mol. The lowest BCUT2D eigenvalue weighted by atomic mass is 10.2. The minimum Gasteiger partial charge on any atom is -0.467 e. The zero-order valence-electron chi connectivity index (χ0n) is 12.6. The van der Waals surface area contributed by atoms with Crippen LogP contribution >= 0.6 is 0 Å². The zero-order valence-corrected chi connectivity index (χ0v) is 12.6. The average Bonchev–Trinajstić information content (AvgIpc) is 3.04. The van der Waals surface area contributed by atoms with Gasteiger partial charge >= 0.3 is 12.1 Å². The predicted molar refractivity (Wildman–Crippen MR) is 72.4 cm³/mol. The van der Waals surface area contributed by atoms with Crippen LogP contribution in [0.3, 0.4) is 0 Å². The Labute approximate surface area is 123 Å². The number of carbonyl (C=O) groups is 2. The third kappa shape index (κ3) is 3.50. The van der Waals surface area contributed by atoms with E-state index in [2.05, 4.69) is 10.3 Å². The van der Waals surface area contributed by atoms with Crippen molar-refractivity contribution in [3.8, 4) is 0 Å². The van der Waals surface area contributed by atoms with Crippen LogP contribution in [0.5, 0.6) is 0 Å². The van der Waals surface area contributed by atoms with E-state index in [0.29, 0.717) is 13.0 Å². The molecule has 2 rings (SSSR count). The first-order valence-electron chi connectivity index (χ1n) is 6.75. The van der Waals surface area contributed by atoms with E-state index in [0.717, 1.165) is 0 Å². The maximum Gasteiger partial charge on any atom is 0.411 e. The lowest BCUT2D eigenvalue weighted by Gasteiger charge is -2.27. The highest BCUT2D eigenvalue weighted by atomic mass is 16.6. The van der Waals surface area contributed by atoms with E-state index in [1.165, 1.54) is 12.0 Å². The Morgan fingerprint density at radius 3 is 2.57 bits per heavy atom. The molecule has 2 atom stereocenters. The number of methoxy groups -OCH3 is 1. The molecule has 1 aliphatic rings. The lowest BCUT2D eigenvalue weighted by molar-refractivity contribution is -0.145. The highest BCUT2D eigenvalue weighted by Crippen LogP contribution is 2.29. The molecule has 1 amide bonds. The average molecular weight is 296 g/mol. The van der Waals surface area contributed by atoms with Crippen LogP contribution in [0, 0.1) is 0 Å². The van der Waals surface area contributed by atoms with Crippen LogP contribution in [-0.4, -0.2) is 57.3 Å². The van der Waals surface area contributed by atoms with Gasteiger partial charge in [0.15, 0.2) is 0 Å². The smallest absolute Gasteiger partial charge is 0.411 e. The number of rotatable bonds is 2. The Balaban J connectivity index is 2.16. The minimum absolute atomic E-state index is 0.121. The molecule has 0 N–H and O–H groups in total. The number of ether oxygens (including phenoxy) is 2. The fourth-order valence-corrected chi connectivity index (χ4v) is 2.30. The van der Waals surface area contributed by atoms with E-state index >= 15 is 0 Å². The summed E-state index contributed by atoms with van der Waals surface area (Å²) in [4.78, 5) is 25.5.